The first-order valence-electron chi connectivity index (χ1n) is 7.58. The van der Waals surface area contributed by atoms with E-state index in [9.17, 15) is 4.79 Å². The Morgan fingerprint density at radius 1 is 1.25 bits per heavy atom. The Kier molecular flexibility index (Phi) is 6.69. The summed E-state index contributed by atoms with van der Waals surface area (Å²) in [7, 11) is 1.60. The summed E-state index contributed by atoms with van der Waals surface area (Å²) in [6.45, 7) is 2.98. The molecular formula is C17H20ClN3O3. The lowest BCUT2D eigenvalue weighted by Crippen LogP contribution is -2.30. The summed E-state index contributed by atoms with van der Waals surface area (Å²) < 4.78 is 10.8. The minimum Gasteiger partial charge on any atom is -0.493 e. The zero-order chi connectivity index (χ0) is 17.4. The van der Waals surface area contributed by atoms with Crippen LogP contribution in [0.15, 0.2) is 36.5 Å². The highest BCUT2D eigenvalue weighted by atomic mass is 35.5. The van der Waals surface area contributed by atoms with Crippen molar-refractivity contribution in [3.05, 3.63) is 47.1 Å². The third-order valence-electron chi connectivity index (χ3n) is 3.20. The second kappa shape index (κ2) is 8.98. The lowest BCUT2D eigenvalue weighted by Gasteiger charge is -2.11. The molecule has 0 aliphatic heterocycles. The van der Waals surface area contributed by atoms with E-state index >= 15 is 0 Å². The normalized spacial score (nSPS) is 10.1. The number of nitrogens with zero attached hydrogens (tertiary/aromatic N) is 1. The average Bonchev–Trinajstić information content (AvgIpc) is 2.58. The third kappa shape index (κ3) is 5.31. The number of ether oxygens (including phenoxy) is 2. The van der Waals surface area contributed by atoms with Gasteiger partial charge in [0.2, 0.25) is 0 Å². The van der Waals surface area contributed by atoms with Crippen LogP contribution in [0, 0.1) is 0 Å². The molecule has 128 valence electrons. The van der Waals surface area contributed by atoms with Crippen LogP contribution < -0.4 is 20.1 Å². The van der Waals surface area contributed by atoms with Crippen LogP contribution >= 0.6 is 11.6 Å². The number of carbonyl (C=O) groups excluding carboxylic acids is 1. The molecule has 0 aliphatic rings. The predicted molar refractivity (Wildman–Crippen MR) is 94.1 cm³/mol. The molecule has 0 bridgehead atoms. The molecule has 0 saturated heterocycles. The molecule has 0 unspecified atom stereocenters. The Morgan fingerprint density at radius 2 is 2.08 bits per heavy atom. The van der Waals surface area contributed by atoms with Gasteiger partial charge in [-0.15, -0.1) is 0 Å². The number of anilines is 1. The van der Waals surface area contributed by atoms with E-state index in [0.717, 1.165) is 5.56 Å². The van der Waals surface area contributed by atoms with Gasteiger partial charge in [0.15, 0.2) is 11.5 Å². The molecule has 0 aliphatic carbocycles. The van der Waals surface area contributed by atoms with Crippen LogP contribution in [0.2, 0.25) is 5.02 Å². The number of rotatable bonds is 7. The fraction of sp³-hybridized carbons (Fsp3) is 0.294. The van der Waals surface area contributed by atoms with Crippen LogP contribution in [0.3, 0.4) is 0 Å². The van der Waals surface area contributed by atoms with Gasteiger partial charge >= 0.3 is 6.03 Å². The molecule has 6 nitrogen and oxygen atoms in total. The first kappa shape index (κ1) is 17.9. The van der Waals surface area contributed by atoms with Gasteiger partial charge in [-0.25, -0.2) is 9.78 Å². The maximum absolute atomic E-state index is 11.8. The van der Waals surface area contributed by atoms with Gasteiger partial charge in [0.05, 0.1) is 18.7 Å². The average molecular weight is 350 g/mol. The monoisotopic (exact) mass is 349 g/mol. The number of urea groups is 1. The Bertz CT molecular complexity index is 677. The van der Waals surface area contributed by atoms with Crippen molar-refractivity contribution in [1.29, 1.82) is 0 Å². The minimum atomic E-state index is -0.317. The highest BCUT2D eigenvalue weighted by Crippen LogP contribution is 2.28. The summed E-state index contributed by atoms with van der Waals surface area (Å²) in [5.74, 6) is 1.84. The van der Waals surface area contributed by atoms with Crippen LogP contribution in [-0.4, -0.2) is 31.3 Å². The molecule has 0 radical (unpaired) electrons. The lowest BCUT2D eigenvalue weighted by molar-refractivity contribution is 0.252. The summed E-state index contributed by atoms with van der Waals surface area (Å²) in [5, 5.41) is 5.93. The van der Waals surface area contributed by atoms with Gasteiger partial charge in [-0.3, -0.25) is 5.32 Å². The molecule has 2 rings (SSSR count). The van der Waals surface area contributed by atoms with Crippen LogP contribution in [0.4, 0.5) is 10.6 Å². The molecule has 7 heteroatoms. The molecule has 1 heterocycles. The van der Waals surface area contributed by atoms with Crippen molar-refractivity contribution in [3.8, 4) is 11.5 Å². The van der Waals surface area contributed by atoms with E-state index in [-0.39, 0.29) is 6.03 Å². The van der Waals surface area contributed by atoms with Gasteiger partial charge < -0.3 is 14.8 Å². The van der Waals surface area contributed by atoms with E-state index in [1.54, 1.807) is 19.2 Å². The van der Waals surface area contributed by atoms with Gasteiger partial charge in [-0.1, -0.05) is 17.7 Å². The standard InChI is InChI=1S/C17H20ClN3O3/c1-3-24-14-6-4-12(10-15(14)23-2)8-9-19-17(22)21-16-7-5-13(18)11-20-16/h4-7,10-11H,3,8-9H2,1-2H3,(H2,19,20,21,22). The quantitative estimate of drug-likeness (QED) is 0.802. The van der Waals surface area contributed by atoms with E-state index < -0.39 is 0 Å². The van der Waals surface area contributed by atoms with Crippen molar-refractivity contribution in [3.63, 3.8) is 0 Å². The van der Waals surface area contributed by atoms with Crippen molar-refractivity contribution in [2.75, 3.05) is 25.6 Å². The Balaban J connectivity index is 1.82. The highest BCUT2D eigenvalue weighted by molar-refractivity contribution is 6.30. The van der Waals surface area contributed by atoms with Crippen molar-refractivity contribution in [2.45, 2.75) is 13.3 Å². The van der Waals surface area contributed by atoms with E-state index in [1.165, 1.54) is 6.20 Å². The van der Waals surface area contributed by atoms with Gasteiger partial charge in [0.1, 0.15) is 5.82 Å². The van der Waals surface area contributed by atoms with Crippen LogP contribution in [0.1, 0.15) is 12.5 Å². The number of benzene rings is 1. The molecule has 0 spiro atoms. The number of amides is 2. The number of aromatic nitrogens is 1. The molecule has 2 N–H and O–H groups in total. The van der Waals surface area contributed by atoms with Crippen LogP contribution in [0.25, 0.3) is 0 Å². The zero-order valence-electron chi connectivity index (χ0n) is 13.6. The molecule has 24 heavy (non-hydrogen) atoms. The number of nitrogens with one attached hydrogen (secondary N) is 2. The van der Waals surface area contributed by atoms with Crippen molar-refractivity contribution >= 4 is 23.4 Å². The third-order valence-corrected chi connectivity index (χ3v) is 3.42. The maximum Gasteiger partial charge on any atom is 0.320 e. The summed E-state index contributed by atoms with van der Waals surface area (Å²) in [6.07, 6.45) is 2.15. The first-order valence-corrected chi connectivity index (χ1v) is 7.96. The van der Waals surface area contributed by atoms with Crippen molar-refractivity contribution in [2.24, 2.45) is 0 Å². The van der Waals surface area contributed by atoms with E-state index in [2.05, 4.69) is 15.6 Å². The summed E-state index contributed by atoms with van der Waals surface area (Å²) in [4.78, 5) is 15.8. The van der Waals surface area contributed by atoms with Crippen molar-refractivity contribution < 1.29 is 14.3 Å². The number of carbonyl (C=O) groups is 1. The molecule has 2 amide bonds. The molecule has 0 saturated carbocycles. The molecule has 1 aromatic carbocycles. The highest BCUT2D eigenvalue weighted by Gasteiger charge is 2.06. The molecule has 0 fully saturated rings. The summed E-state index contributed by atoms with van der Waals surface area (Å²) >= 11 is 5.75. The molecule has 0 atom stereocenters. The molecule has 1 aromatic heterocycles. The molecule has 2 aromatic rings. The second-order valence-electron chi connectivity index (χ2n) is 4.91. The van der Waals surface area contributed by atoms with Crippen molar-refractivity contribution in [1.82, 2.24) is 10.3 Å². The fourth-order valence-corrected chi connectivity index (χ4v) is 2.18. The fourth-order valence-electron chi connectivity index (χ4n) is 2.07. The Morgan fingerprint density at radius 3 is 2.75 bits per heavy atom. The number of pyridine rings is 1. The predicted octanol–water partition coefficient (Wildman–Crippen LogP) is 3.51. The topological polar surface area (TPSA) is 72.5 Å². The first-order chi connectivity index (χ1) is 11.6. The van der Waals surface area contributed by atoms with Gasteiger partial charge in [-0.05, 0) is 43.2 Å². The summed E-state index contributed by atoms with van der Waals surface area (Å²) in [6, 6.07) is 8.71. The van der Waals surface area contributed by atoms with Gasteiger partial charge in [-0.2, -0.15) is 0 Å². The van der Waals surface area contributed by atoms with E-state index in [0.29, 0.717) is 41.9 Å². The SMILES string of the molecule is CCOc1ccc(CCNC(=O)Nc2ccc(Cl)cn2)cc1OC. The lowest BCUT2D eigenvalue weighted by atomic mass is 10.1. The van der Waals surface area contributed by atoms with E-state index in [4.69, 9.17) is 21.1 Å². The van der Waals surface area contributed by atoms with Gasteiger partial charge in [0, 0.05) is 12.7 Å². The Hall–Kier alpha value is -2.47. The zero-order valence-corrected chi connectivity index (χ0v) is 14.4. The maximum atomic E-state index is 11.8. The number of methoxy groups -OCH3 is 1. The number of hydrogen-bond donors (Lipinski definition) is 2. The summed E-state index contributed by atoms with van der Waals surface area (Å²) in [5.41, 5.74) is 1.04. The van der Waals surface area contributed by atoms with Crippen LogP contribution in [-0.2, 0) is 6.42 Å². The van der Waals surface area contributed by atoms with E-state index in [1.807, 2.05) is 25.1 Å². The number of halogens is 1. The molecular weight excluding hydrogens is 330 g/mol. The number of hydrogen-bond acceptors (Lipinski definition) is 4. The smallest absolute Gasteiger partial charge is 0.320 e. The second-order valence-corrected chi connectivity index (χ2v) is 5.35. The largest absolute Gasteiger partial charge is 0.493 e. The minimum absolute atomic E-state index is 0.317. The Labute approximate surface area is 146 Å². The van der Waals surface area contributed by atoms with Gasteiger partial charge in [0.25, 0.3) is 0 Å². The van der Waals surface area contributed by atoms with Crippen LogP contribution in [0.5, 0.6) is 11.5 Å².